The van der Waals surface area contributed by atoms with Crippen LogP contribution < -0.4 is 0 Å². The lowest BCUT2D eigenvalue weighted by Gasteiger charge is -2.39. The zero-order chi connectivity index (χ0) is 10.0. The lowest BCUT2D eigenvalue weighted by Crippen LogP contribution is -2.44. The summed E-state index contributed by atoms with van der Waals surface area (Å²) in [6.45, 7) is 3.13. The summed E-state index contributed by atoms with van der Waals surface area (Å²) in [5.74, 6) is 2.46. The molecule has 0 spiro atoms. The number of rotatable bonds is 2. The van der Waals surface area contributed by atoms with Crippen molar-refractivity contribution in [2.75, 3.05) is 6.54 Å². The highest BCUT2D eigenvalue weighted by molar-refractivity contribution is 5.19. The van der Waals surface area contributed by atoms with Gasteiger partial charge in [-0.15, -0.1) is 10.2 Å². The maximum absolute atomic E-state index is 5.65. The van der Waals surface area contributed by atoms with E-state index in [-0.39, 0.29) is 5.54 Å². The van der Waals surface area contributed by atoms with Crippen molar-refractivity contribution in [1.82, 2.24) is 15.1 Å². The molecule has 0 N–H and O–H groups in total. The molecular formula is C11H15N3O. The predicted octanol–water partition coefficient (Wildman–Crippen LogP) is 1.46. The largest absolute Gasteiger partial charge is 0.424 e. The minimum absolute atomic E-state index is 0.146. The highest BCUT2D eigenvalue weighted by Crippen LogP contribution is 2.59. The monoisotopic (exact) mass is 205 g/mol. The van der Waals surface area contributed by atoms with Gasteiger partial charge in [-0.05, 0) is 31.6 Å². The smallest absolute Gasteiger partial charge is 0.236 e. The van der Waals surface area contributed by atoms with Crippen molar-refractivity contribution in [3.05, 3.63) is 11.8 Å². The first kappa shape index (κ1) is 8.28. The molecule has 15 heavy (non-hydrogen) atoms. The summed E-state index contributed by atoms with van der Waals surface area (Å²) in [6, 6.07) is 0.810. The highest BCUT2D eigenvalue weighted by Gasteiger charge is 2.63. The van der Waals surface area contributed by atoms with Gasteiger partial charge in [0, 0.05) is 19.5 Å². The average Bonchev–Trinajstić information content (AvgIpc) is 2.66. The van der Waals surface area contributed by atoms with E-state index in [0.717, 1.165) is 17.9 Å². The van der Waals surface area contributed by atoms with Gasteiger partial charge in [0.25, 0.3) is 0 Å². The Labute approximate surface area is 88.7 Å². The minimum Gasteiger partial charge on any atom is -0.424 e. The van der Waals surface area contributed by atoms with E-state index >= 15 is 0 Å². The molecule has 2 saturated heterocycles. The average molecular weight is 205 g/mol. The normalized spacial score (nSPS) is 39.4. The van der Waals surface area contributed by atoms with Gasteiger partial charge in [-0.1, -0.05) is 0 Å². The van der Waals surface area contributed by atoms with Crippen LogP contribution in [0.3, 0.4) is 0 Å². The fraction of sp³-hybridized carbons (Fsp3) is 0.818. The molecule has 2 aliphatic heterocycles. The fourth-order valence-electron chi connectivity index (χ4n) is 3.38. The Balaban J connectivity index is 1.74. The van der Waals surface area contributed by atoms with Crippen LogP contribution in [0.25, 0.3) is 0 Å². The molecule has 2 bridgehead atoms. The second-order valence-corrected chi connectivity index (χ2v) is 5.32. The second-order valence-electron chi connectivity index (χ2n) is 5.32. The molecule has 2 saturated carbocycles. The summed E-state index contributed by atoms with van der Waals surface area (Å²) in [7, 11) is 0. The Kier molecular flexibility index (Phi) is 1.34. The number of fused-ring (bicyclic) bond motifs is 1. The maximum Gasteiger partial charge on any atom is 0.236 e. The third-order valence-corrected chi connectivity index (χ3v) is 4.17. The minimum atomic E-state index is 0.146. The van der Waals surface area contributed by atoms with Crippen LogP contribution in [0.5, 0.6) is 0 Å². The van der Waals surface area contributed by atoms with Gasteiger partial charge in [0.15, 0.2) is 0 Å². The van der Waals surface area contributed by atoms with Crippen LogP contribution in [0.15, 0.2) is 4.42 Å². The van der Waals surface area contributed by atoms with Gasteiger partial charge in [-0.25, -0.2) is 0 Å². The predicted molar refractivity (Wildman–Crippen MR) is 53.2 cm³/mol. The zero-order valence-corrected chi connectivity index (χ0v) is 8.94. The second kappa shape index (κ2) is 2.43. The molecule has 0 aromatic carbocycles. The first-order valence-corrected chi connectivity index (χ1v) is 5.85. The van der Waals surface area contributed by atoms with Gasteiger partial charge in [0.05, 0.1) is 0 Å². The summed E-state index contributed by atoms with van der Waals surface area (Å²) in [4.78, 5) is 2.63. The van der Waals surface area contributed by atoms with Crippen molar-refractivity contribution in [3.8, 4) is 0 Å². The van der Waals surface area contributed by atoms with Gasteiger partial charge >= 0.3 is 0 Å². The molecule has 4 fully saturated rings. The maximum atomic E-state index is 5.65. The number of aryl methyl sites for hydroxylation is 1. The number of hydrogen-bond acceptors (Lipinski definition) is 4. The number of nitrogens with zero attached hydrogens (tertiary/aromatic N) is 3. The van der Waals surface area contributed by atoms with Gasteiger partial charge in [-0.3, -0.25) is 4.90 Å². The lowest BCUT2D eigenvalue weighted by molar-refractivity contribution is 0.0663. The van der Waals surface area contributed by atoms with E-state index in [1.165, 1.54) is 32.2 Å². The molecule has 0 amide bonds. The van der Waals surface area contributed by atoms with E-state index in [1.807, 2.05) is 6.92 Å². The molecule has 5 rings (SSSR count). The standard InChI is InChI=1S/C11H15N3O/c1-7-12-13-10(15-7)11-4-8(5-11)6-14(11)9-2-3-9/h8-9H,2-6H2,1H3. The summed E-state index contributed by atoms with van der Waals surface area (Å²) in [6.07, 6.45) is 5.21. The van der Waals surface area contributed by atoms with Crippen molar-refractivity contribution in [3.63, 3.8) is 0 Å². The summed E-state index contributed by atoms with van der Waals surface area (Å²) < 4.78 is 5.65. The van der Waals surface area contributed by atoms with Crippen LogP contribution in [0, 0.1) is 12.8 Å². The molecule has 0 atom stereocenters. The first-order chi connectivity index (χ1) is 7.28. The Bertz CT molecular complexity index is 404. The van der Waals surface area contributed by atoms with Gasteiger partial charge in [0.1, 0.15) is 5.54 Å². The van der Waals surface area contributed by atoms with E-state index < -0.39 is 0 Å². The number of aromatic nitrogens is 2. The molecule has 4 heteroatoms. The molecule has 4 nitrogen and oxygen atoms in total. The van der Waals surface area contributed by atoms with Gasteiger partial charge < -0.3 is 4.42 Å². The quantitative estimate of drug-likeness (QED) is 0.733. The van der Waals surface area contributed by atoms with Crippen molar-refractivity contribution in [2.24, 2.45) is 5.92 Å². The SMILES string of the molecule is Cc1nnc(C23CC(CN2C2CC2)C3)o1. The Hall–Kier alpha value is -0.900. The third kappa shape index (κ3) is 0.956. The molecule has 0 radical (unpaired) electrons. The molecule has 1 aromatic rings. The van der Waals surface area contributed by atoms with Crippen LogP contribution in [0.4, 0.5) is 0 Å². The molecule has 4 aliphatic rings. The molecule has 80 valence electrons. The van der Waals surface area contributed by atoms with Crippen molar-refractivity contribution in [1.29, 1.82) is 0 Å². The van der Waals surface area contributed by atoms with E-state index in [1.54, 1.807) is 0 Å². The van der Waals surface area contributed by atoms with Gasteiger partial charge in [-0.2, -0.15) is 0 Å². The third-order valence-electron chi connectivity index (χ3n) is 4.17. The first-order valence-electron chi connectivity index (χ1n) is 5.85. The Morgan fingerprint density at radius 2 is 2.13 bits per heavy atom. The van der Waals surface area contributed by atoms with E-state index in [2.05, 4.69) is 15.1 Å². The van der Waals surface area contributed by atoms with Crippen LogP contribution in [-0.2, 0) is 5.54 Å². The van der Waals surface area contributed by atoms with Crippen molar-refractivity contribution in [2.45, 2.75) is 44.2 Å². The summed E-state index contributed by atoms with van der Waals surface area (Å²) >= 11 is 0. The molecule has 0 unspecified atom stereocenters. The molecule has 1 aromatic heterocycles. The van der Waals surface area contributed by atoms with E-state index in [9.17, 15) is 0 Å². The van der Waals surface area contributed by atoms with Crippen molar-refractivity contribution < 1.29 is 4.42 Å². The molecular weight excluding hydrogens is 190 g/mol. The molecule has 2 aliphatic carbocycles. The summed E-state index contributed by atoms with van der Waals surface area (Å²) in [5, 5.41) is 8.21. The lowest BCUT2D eigenvalue weighted by atomic mass is 9.73. The van der Waals surface area contributed by atoms with Crippen LogP contribution in [-0.4, -0.2) is 27.7 Å². The van der Waals surface area contributed by atoms with Crippen LogP contribution in [0.1, 0.15) is 37.5 Å². The number of hydrogen-bond donors (Lipinski definition) is 0. The topological polar surface area (TPSA) is 42.2 Å². The van der Waals surface area contributed by atoms with Crippen LogP contribution >= 0.6 is 0 Å². The highest BCUT2D eigenvalue weighted by atomic mass is 16.4. The van der Waals surface area contributed by atoms with Gasteiger partial charge in [0.2, 0.25) is 11.8 Å². The Morgan fingerprint density at radius 3 is 2.73 bits per heavy atom. The van der Waals surface area contributed by atoms with E-state index in [0.29, 0.717) is 5.89 Å². The van der Waals surface area contributed by atoms with Crippen molar-refractivity contribution >= 4 is 0 Å². The zero-order valence-electron chi connectivity index (χ0n) is 8.94. The van der Waals surface area contributed by atoms with Crippen LogP contribution in [0.2, 0.25) is 0 Å². The fourth-order valence-corrected chi connectivity index (χ4v) is 3.38. The summed E-state index contributed by atoms with van der Waals surface area (Å²) in [5.41, 5.74) is 0.146. The van der Waals surface area contributed by atoms with E-state index in [4.69, 9.17) is 4.42 Å². The molecule has 3 heterocycles. The Morgan fingerprint density at radius 1 is 1.33 bits per heavy atom.